The highest BCUT2D eigenvalue weighted by atomic mass is 16.5. The van der Waals surface area contributed by atoms with E-state index in [-0.39, 0.29) is 5.91 Å². The number of amides is 1. The lowest BCUT2D eigenvalue weighted by Crippen LogP contribution is -2.27. The standard InChI is InChI=1S/C12H19N3O2/c1-2-13-12(16)11-10(8-17-15-11)14-9-6-4-3-5-7-9/h8-9,14H,2-7H2,1H3,(H,13,16). The molecule has 5 nitrogen and oxygen atoms in total. The maximum atomic E-state index is 11.7. The van der Waals surface area contributed by atoms with E-state index in [0.29, 0.717) is 24.0 Å². The molecule has 2 N–H and O–H groups in total. The van der Waals surface area contributed by atoms with Crippen LogP contribution in [-0.2, 0) is 0 Å². The molecule has 1 aromatic rings. The highest BCUT2D eigenvalue weighted by Crippen LogP contribution is 2.23. The van der Waals surface area contributed by atoms with Crippen LogP contribution in [0.1, 0.15) is 49.5 Å². The molecule has 1 fully saturated rings. The summed E-state index contributed by atoms with van der Waals surface area (Å²) in [7, 11) is 0. The van der Waals surface area contributed by atoms with Gasteiger partial charge >= 0.3 is 0 Å². The number of nitrogens with one attached hydrogen (secondary N) is 2. The molecular formula is C12H19N3O2. The first kappa shape index (κ1) is 12.0. The quantitative estimate of drug-likeness (QED) is 0.842. The van der Waals surface area contributed by atoms with E-state index in [2.05, 4.69) is 15.8 Å². The van der Waals surface area contributed by atoms with Crippen molar-refractivity contribution in [1.82, 2.24) is 10.5 Å². The Labute approximate surface area is 101 Å². The van der Waals surface area contributed by atoms with Crippen LogP contribution in [0.15, 0.2) is 10.8 Å². The maximum Gasteiger partial charge on any atom is 0.275 e. The second kappa shape index (κ2) is 5.70. The topological polar surface area (TPSA) is 67.2 Å². The van der Waals surface area contributed by atoms with Crippen LogP contribution in [-0.4, -0.2) is 23.7 Å². The average molecular weight is 237 g/mol. The van der Waals surface area contributed by atoms with Crippen LogP contribution < -0.4 is 10.6 Å². The van der Waals surface area contributed by atoms with Gasteiger partial charge in [-0.1, -0.05) is 24.4 Å². The predicted molar refractivity (Wildman–Crippen MR) is 65.0 cm³/mol. The lowest BCUT2D eigenvalue weighted by molar-refractivity contribution is 0.0947. The number of anilines is 1. The van der Waals surface area contributed by atoms with Gasteiger partial charge in [0.1, 0.15) is 12.0 Å². The molecule has 1 heterocycles. The van der Waals surface area contributed by atoms with Crippen molar-refractivity contribution in [3.63, 3.8) is 0 Å². The third-order valence-corrected chi connectivity index (χ3v) is 3.09. The van der Waals surface area contributed by atoms with Gasteiger partial charge in [0, 0.05) is 12.6 Å². The summed E-state index contributed by atoms with van der Waals surface area (Å²) in [5, 5.41) is 9.83. The number of aromatic nitrogens is 1. The van der Waals surface area contributed by atoms with Crippen LogP contribution in [0.3, 0.4) is 0 Å². The second-order valence-electron chi connectivity index (χ2n) is 4.42. The number of hydrogen-bond donors (Lipinski definition) is 2. The molecule has 0 radical (unpaired) electrons. The molecule has 17 heavy (non-hydrogen) atoms. The van der Waals surface area contributed by atoms with Gasteiger partial charge in [-0.15, -0.1) is 0 Å². The first-order valence-electron chi connectivity index (χ1n) is 6.30. The minimum Gasteiger partial charge on any atom is -0.378 e. The van der Waals surface area contributed by atoms with Crippen LogP contribution in [0.25, 0.3) is 0 Å². The fraction of sp³-hybridized carbons (Fsp3) is 0.667. The fourth-order valence-corrected chi connectivity index (χ4v) is 2.21. The molecule has 0 saturated heterocycles. The third-order valence-electron chi connectivity index (χ3n) is 3.09. The van der Waals surface area contributed by atoms with Gasteiger partial charge in [-0.3, -0.25) is 4.79 Å². The van der Waals surface area contributed by atoms with Gasteiger partial charge in [0.15, 0.2) is 5.69 Å². The Bertz CT molecular complexity index is 370. The Morgan fingerprint density at radius 1 is 1.47 bits per heavy atom. The van der Waals surface area contributed by atoms with Crippen LogP contribution in [0.2, 0.25) is 0 Å². The summed E-state index contributed by atoms with van der Waals surface area (Å²) in [5.74, 6) is -0.181. The van der Waals surface area contributed by atoms with Crippen LogP contribution in [0.5, 0.6) is 0 Å². The van der Waals surface area contributed by atoms with Gasteiger partial charge in [-0.25, -0.2) is 0 Å². The van der Waals surface area contributed by atoms with E-state index < -0.39 is 0 Å². The molecule has 1 saturated carbocycles. The highest BCUT2D eigenvalue weighted by molar-refractivity contribution is 5.97. The molecule has 1 aromatic heterocycles. The monoisotopic (exact) mass is 237 g/mol. The van der Waals surface area contributed by atoms with Crippen LogP contribution in [0.4, 0.5) is 5.69 Å². The lowest BCUT2D eigenvalue weighted by atomic mass is 9.95. The van der Waals surface area contributed by atoms with Gasteiger partial charge in [-0.2, -0.15) is 0 Å². The van der Waals surface area contributed by atoms with E-state index in [9.17, 15) is 4.79 Å². The summed E-state index contributed by atoms with van der Waals surface area (Å²) in [6.45, 7) is 2.47. The van der Waals surface area contributed by atoms with Crippen LogP contribution in [0, 0.1) is 0 Å². The number of carbonyl (C=O) groups is 1. The number of hydrogen-bond acceptors (Lipinski definition) is 4. The van der Waals surface area contributed by atoms with Crippen LogP contribution >= 0.6 is 0 Å². The van der Waals surface area contributed by atoms with Gasteiger partial charge in [0.05, 0.1) is 0 Å². The van der Waals surface area contributed by atoms with Gasteiger partial charge in [-0.05, 0) is 19.8 Å². The fourth-order valence-electron chi connectivity index (χ4n) is 2.21. The molecule has 1 aliphatic carbocycles. The Morgan fingerprint density at radius 3 is 2.94 bits per heavy atom. The summed E-state index contributed by atoms with van der Waals surface area (Å²) in [6, 6.07) is 0.441. The minimum absolute atomic E-state index is 0.181. The van der Waals surface area contributed by atoms with Gasteiger partial charge < -0.3 is 15.2 Å². The molecule has 0 spiro atoms. The smallest absolute Gasteiger partial charge is 0.275 e. The molecule has 2 rings (SSSR count). The van der Waals surface area contributed by atoms with Crippen molar-refractivity contribution >= 4 is 11.6 Å². The molecule has 94 valence electrons. The first-order chi connectivity index (χ1) is 8.31. The summed E-state index contributed by atoms with van der Waals surface area (Å²) >= 11 is 0. The maximum absolute atomic E-state index is 11.7. The normalized spacial score (nSPS) is 16.8. The lowest BCUT2D eigenvalue weighted by Gasteiger charge is -2.23. The molecule has 0 aliphatic heterocycles. The Kier molecular flexibility index (Phi) is 4.01. The van der Waals surface area contributed by atoms with Crippen molar-refractivity contribution in [1.29, 1.82) is 0 Å². The van der Waals surface area contributed by atoms with Crippen molar-refractivity contribution in [2.75, 3.05) is 11.9 Å². The Balaban J connectivity index is 2.00. The number of rotatable bonds is 4. The number of nitrogens with zero attached hydrogens (tertiary/aromatic N) is 1. The largest absolute Gasteiger partial charge is 0.378 e. The van der Waals surface area contributed by atoms with Crippen molar-refractivity contribution in [2.24, 2.45) is 0 Å². The molecule has 1 amide bonds. The number of carbonyl (C=O) groups excluding carboxylic acids is 1. The van der Waals surface area contributed by atoms with Gasteiger partial charge in [0.2, 0.25) is 0 Å². The van der Waals surface area contributed by atoms with Crippen molar-refractivity contribution < 1.29 is 9.32 Å². The Morgan fingerprint density at radius 2 is 2.24 bits per heavy atom. The molecule has 0 unspecified atom stereocenters. The van der Waals surface area contributed by atoms with E-state index in [1.54, 1.807) is 0 Å². The van der Waals surface area contributed by atoms with E-state index in [0.717, 1.165) is 12.8 Å². The molecule has 0 aromatic carbocycles. The summed E-state index contributed by atoms with van der Waals surface area (Å²) in [4.78, 5) is 11.7. The predicted octanol–water partition coefficient (Wildman–Crippen LogP) is 2.17. The highest BCUT2D eigenvalue weighted by Gasteiger charge is 2.19. The summed E-state index contributed by atoms with van der Waals surface area (Å²) in [5.41, 5.74) is 1.07. The minimum atomic E-state index is -0.181. The molecule has 5 heteroatoms. The second-order valence-corrected chi connectivity index (χ2v) is 4.42. The summed E-state index contributed by atoms with van der Waals surface area (Å²) in [6.07, 6.45) is 7.63. The van der Waals surface area contributed by atoms with E-state index in [1.165, 1.54) is 25.5 Å². The van der Waals surface area contributed by atoms with Crippen molar-refractivity contribution in [3.8, 4) is 0 Å². The zero-order valence-electron chi connectivity index (χ0n) is 10.2. The molecule has 0 bridgehead atoms. The van der Waals surface area contributed by atoms with E-state index in [4.69, 9.17) is 4.52 Å². The zero-order valence-corrected chi connectivity index (χ0v) is 10.2. The molecule has 0 atom stereocenters. The molecular weight excluding hydrogens is 218 g/mol. The van der Waals surface area contributed by atoms with Crippen molar-refractivity contribution in [3.05, 3.63) is 12.0 Å². The molecule has 1 aliphatic rings. The zero-order chi connectivity index (χ0) is 12.1. The Hall–Kier alpha value is -1.52. The summed E-state index contributed by atoms with van der Waals surface area (Å²) < 4.78 is 4.88. The SMILES string of the molecule is CCNC(=O)c1nocc1NC1CCCCC1. The average Bonchev–Trinajstić information content (AvgIpc) is 2.79. The van der Waals surface area contributed by atoms with E-state index in [1.807, 2.05) is 6.92 Å². The third kappa shape index (κ3) is 2.99. The first-order valence-corrected chi connectivity index (χ1v) is 6.30. The van der Waals surface area contributed by atoms with E-state index >= 15 is 0 Å². The van der Waals surface area contributed by atoms with Crippen molar-refractivity contribution in [2.45, 2.75) is 45.1 Å². The van der Waals surface area contributed by atoms with Gasteiger partial charge in [0.25, 0.3) is 5.91 Å².